The quantitative estimate of drug-likeness (QED) is 0.181. The average Bonchev–Trinajstić information content (AvgIpc) is 3.32. The van der Waals surface area contributed by atoms with Gasteiger partial charge in [0.2, 0.25) is 5.91 Å². The number of nitrogens with zero attached hydrogens (tertiary/aromatic N) is 2. The predicted octanol–water partition coefficient (Wildman–Crippen LogP) is 6.97. The van der Waals surface area contributed by atoms with Crippen molar-refractivity contribution in [3.05, 3.63) is 58.2 Å². The van der Waals surface area contributed by atoms with E-state index in [0.717, 1.165) is 24.8 Å². The zero-order valence-corrected chi connectivity index (χ0v) is 26.7. The lowest BCUT2D eigenvalue weighted by Gasteiger charge is -2.22. The van der Waals surface area contributed by atoms with Gasteiger partial charge in [-0.2, -0.15) is 0 Å². The lowest BCUT2D eigenvalue weighted by molar-refractivity contribution is -0.168. The molecule has 2 aromatic carbocycles. The van der Waals surface area contributed by atoms with Crippen molar-refractivity contribution in [1.29, 1.82) is 0 Å². The first-order valence-corrected chi connectivity index (χ1v) is 14.8. The molecule has 0 aliphatic carbocycles. The van der Waals surface area contributed by atoms with Crippen LogP contribution in [0.2, 0.25) is 5.02 Å². The predicted molar refractivity (Wildman–Crippen MR) is 168 cm³/mol. The third-order valence-electron chi connectivity index (χ3n) is 6.78. The van der Waals surface area contributed by atoms with Crippen molar-refractivity contribution >= 4 is 46.4 Å². The lowest BCUT2D eigenvalue weighted by Crippen LogP contribution is -2.28. The number of ether oxygens (including phenoxy) is 3. The van der Waals surface area contributed by atoms with E-state index in [1.165, 1.54) is 6.07 Å². The summed E-state index contributed by atoms with van der Waals surface area (Å²) in [6.45, 7) is 7.99. The van der Waals surface area contributed by atoms with Crippen LogP contribution in [0.4, 0.5) is 21.9 Å². The summed E-state index contributed by atoms with van der Waals surface area (Å²) in [5, 5.41) is 9.81. The van der Waals surface area contributed by atoms with E-state index in [4.69, 9.17) is 30.3 Å². The van der Waals surface area contributed by atoms with E-state index in [1.807, 2.05) is 6.92 Å². The second kappa shape index (κ2) is 14.2. The van der Waals surface area contributed by atoms with Crippen LogP contribution in [0.15, 0.2) is 40.9 Å². The Labute approximate surface area is 262 Å². The number of aromatic nitrogens is 1. The summed E-state index contributed by atoms with van der Waals surface area (Å²) in [6.07, 6.45) is 1.48. The largest absolute Gasteiger partial charge is 0.444 e. The molecule has 236 valence electrons. The first-order valence-electron chi connectivity index (χ1n) is 14.4. The summed E-state index contributed by atoms with van der Waals surface area (Å²) >= 11 is 6.45. The van der Waals surface area contributed by atoms with E-state index in [1.54, 1.807) is 70.1 Å². The Morgan fingerprint density at radius 3 is 2.52 bits per heavy atom. The van der Waals surface area contributed by atoms with E-state index in [9.17, 15) is 14.4 Å². The maximum Gasteiger partial charge on any atom is 0.412 e. The Kier molecular flexibility index (Phi) is 10.7. The van der Waals surface area contributed by atoms with Crippen molar-refractivity contribution in [2.75, 3.05) is 36.2 Å². The molecule has 3 aromatic rings. The summed E-state index contributed by atoms with van der Waals surface area (Å²) in [6, 6.07) is 9.95. The molecule has 0 saturated carbocycles. The van der Waals surface area contributed by atoms with Gasteiger partial charge in [-0.3, -0.25) is 14.9 Å². The second-order valence-electron chi connectivity index (χ2n) is 11.8. The molecule has 1 fully saturated rings. The first kappa shape index (κ1) is 33.0. The molecule has 0 radical (unpaired) electrons. The Hall–Kier alpha value is -3.93. The SMILES string of the molecule is Cc1noc(-c2cccc(C(=O)CC(=O)Nc3cc(Cl)c(N(C)C)cc3NC(=O)OC(C)(C)C)c2)c1COC1CCCCO1. The van der Waals surface area contributed by atoms with Gasteiger partial charge in [0, 0.05) is 37.4 Å². The van der Waals surface area contributed by atoms with Gasteiger partial charge >= 0.3 is 6.09 Å². The lowest BCUT2D eigenvalue weighted by atomic mass is 10.0. The van der Waals surface area contributed by atoms with Crippen molar-refractivity contribution in [1.82, 2.24) is 5.16 Å². The zero-order valence-electron chi connectivity index (χ0n) is 25.9. The van der Waals surface area contributed by atoms with Gasteiger partial charge in [-0.1, -0.05) is 35.0 Å². The van der Waals surface area contributed by atoms with Crippen molar-refractivity contribution in [3.8, 4) is 11.3 Å². The number of Topliss-reactive ketones (excluding diaryl/α,β-unsaturated/α-hetero) is 1. The summed E-state index contributed by atoms with van der Waals surface area (Å²) in [5.41, 5.74) is 2.78. The number of anilines is 3. The van der Waals surface area contributed by atoms with E-state index < -0.39 is 29.8 Å². The third-order valence-corrected chi connectivity index (χ3v) is 7.09. The Balaban J connectivity index is 1.48. The molecule has 1 saturated heterocycles. The minimum Gasteiger partial charge on any atom is -0.444 e. The molecular formula is C32H39ClN4O7. The molecule has 1 atom stereocenters. The number of rotatable bonds is 10. The highest BCUT2D eigenvalue weighted by atomic mass is 35.5. The fourth-order valence-corrected chi connectivity index (χ4v) is 4.94. The van der Waals surface area contributed by atoms with Crippen molar-refractivity contribution in [2.24, 2.45) is 0 Å². The van der Waals surface area contributed by atoms with Gasteiger partial charge in [-0.05, 0) is 65.2 Å². The molecule has 1 aliphatic heterocycles. The van der Waals surface area contributed by atoms with Crippen LogP contribution in [0.1, 0.15) is 68.1 Å². The minimum absolute atomic E-state index is 0.224. The van der Waals surface area contributed by atoms with Gasteiger partial charge in [-0.15, -0.1) is 0 Å². The van der Waals surface area contributed by atoms with Crippen LogP contribution in [0.3, 0.4) is 0 Å². The summed E-state index contributed by atoms with van der Waals surface area (Å²) < 4.78 is 22.6. The van der Waals surface area contributed by atoms with Gasteiger partial charge in [-0.25, -0.2) is 4.79 Å². The second-order valence-corrected chi connectivity index (χ2v) is 12.2. The number of aryl methyl sites for hydroxylation is 1. The Bertz CT molecular complexity index is 1510. The van der Waals surface area contributed by atoms with Crippen LogP contribution >= 0.6 is 11.6 Å². The molecule has 2 heterocycles. The summed E-state index contributed by atoms with van der Waals surface area (Å²) in [5.74, 6) is -0.504. The smallest absolute Gasteiger partial charge is 0.412 e. The molecule has 12 heteroatoms. The molecule has 0 bridgehead atoms. The fourth-order valence-electron chi connectivity index (χ4n) is 4.61. The van der Waals surface area contributed by atoms with E-state index >= 15 is 0 Å². The van der Waals surface area contributed by atoms with Gasteiger partial charge in [0.25, 0.3) is 0 Å². The van der Waals surface area contributed by atoms with Gasteiger partial charge in [0.15, 0.2) is 17.8 Å². The van der Waals surface area contributed by atoms with Crippen LogP contribution in [-0.4, -0.2) is 55.5 Å². The van der Waals surface area contributed by atoms with Crippen LogP contribution in [0, 0.1) is 6.92 Å². The van der Waals surface area contributed by atoms with Gasteiger partial charge in [0.05, 0.1) is 40.8 Å². The number of carbonyl (C=O) groups is 3. The number of carbonyl (C=O) groups excluding carboxylic acids is 3. The highest BCUT2D eigenvalue weighted by Crippen LogP contribution is 2.35. The van der Waals surface area contributed by atoms with Crippen LogP contribution < -0.4 is 15.5 Å². The van der Waals surface area contributed by atoms with Crippen molar-refractivity contribution in [3.63, 3.8) is 0 Å². The highest BCUT2D eigenvalue weighted by Gasteiger charge is 2.23. The molecular weight excluding hydrogens is 588 g/mol. The molecule has 2 N–H and O–H groups in total. The number of hydrogen-bond donors (Lipinski definition) is 2. The fraction of sp³-hybridized carbons (Fsp3) is 0.438. The maximum atomic E-state index is 13.2. The molecule has 1 aromatic heterocycles. The molecule has 1 unspecified atom stereocenters. The van der Waals surface area contributed by atoms with E-state index in [0.29, 0.717) is 39.9 Å². The molecule has 44 heavy (non-hydrogen) atoms. The van der Waals surface area contributed by atoms with E-state index in [-0.39, 0.29) is 24.3 Å². The highest BCUT2D eigenvalue weighted by molar-refractivity contribution is 6.34. The van der Waals surface area contributed by atoms with Crippen LogP contribution in [0.25, 0.3) is 11.3 Å². The first-order chi connectivity index (χ1) is 20.8. The number of amides is 2. The average molecular weight is 627 g/mol. The summed E-state index contributed by atoms with van der Waals surface area (Å²) in [4.78, 5) is 40.5. The minimum atomic E-state index is -0.729. The van der Waals surface area contributed by atoms with Gasteiger partial charge in [0.1, 0.15) is 5.60 Å². The maximum absolute atomic E-state index is 13.2. The van der Waals surface area contributed by atoms with Crippen molar-refractivity contribution in [2.45, 2.75) is 71.9 Å². The topological polar surface area (TPSA) is 132 Å². The summed E-state index contributed by atoms with van der Waals surface area (Å²) in [7, 11) is 3.59. The van der Waals surface area contributed by atoms with Crippen molar-refractivity contribution < 1.29 is 33.1 Å². The normalized spacial score (nSPS) is 15.0. The molecule has 4 rings (SSSR count). The molecule has 2 amide bonds. The Morgan fingerprint density at radius 2 is 1.84 bits per heavy atom. The number of nitrogens with one attached hydrogen (secondary N) is 2. The number of ketones is 1. The monoisotopic (exact) mass is 626 g/mol. The Morgan fingerprint density at radius 1 is 1.09 bits per heavy atom. The number of benzene rings is 2. The number of halogens is 1. The molecule has 1 aliphatic rings. The van der Waals surface area contributed by atoms with Crippen LogP contribution in [0.5, 0.6) is 0 Å². The zero-order chi connectivity index (χ0) is 32.0. The standard InChI is InChI=1S/C32H39ClN4O7/c1-19-22(18-42-29-12-7-8-13-41-29)30(44-36-19)21-11-9-10-20(14-21)27(38)17-28(39)34-24-15-23(33)26(37(5)6)16-25(24)35-31(40)43-32(2,3)4/h9-11,14-16,29H,7-8,12-13,17-18H2,1-6H3,(H,34,39)(H,35,40). The van der Waals surface area contributed by atoms with Crippen LogP contribution in [-0.2, 0) is 25.6 Å². The molecule has 11 nitrogen and oxygen atoms in total. The molecule has 0 spiro atoms. The third kappa shape index (κ3) is 8.81. The van der Waals surface area contributed by atoms with E-state index in [2.05, 4.69) is 15.8 Å². The van der Waals surface area contributed by atoms with Gasteiger partial charge < -0.3 is 29.0 Å². The number of hydrogen-bond acceptors (Lipinski definition) is 9.